The van der Waals surface area contributed by atoms with Crippen molar-refractivity contribution in [3.63, 3.8) is 0 Å². The minimum atomic E-state index is -0.457. The molecule has 1 aromatic carbocycles. The van der Waals surface area contributed by atoms with Crippen LogP contribution < -0.4 is 10.5 Å². The number of ether oxygens (including phenoxy) is 1. The number of aliphatic hydroxyl groups is 1. The number of rotatable bonds is 14. The van der Waals surface area contributed by atoms with E-state index in [1.165, 1.54) is 0 Å². The van der Waals surface area contributed by atoms with Gasteiger partial charge in [0.05, 0.1) is 6.26 Å². The number of hydrogen-bond acceptors (Lipinski definition) is 3. The lowest BCUT2D eigenvalue weighted by Gasteiger charge is -2.33. The molecule has 0 aliphatic heterocycles. The van der Waals surface area contributed by atoms with E-state index in [0.717, 1.165) is 58.4 Å². The maximum absolute atomic E-state index is 11.5. The monoisotopic (exact) mass is 649 g/mol. The molecule has 3 heteroatoms. The Bertz CT molecular complexity index is 1730. The van der Waals surface area contributed by atoms with E-state index >= 15 is 0 Å². The second-order valence-electron chi connectivity index (χ2n) is 12.0. The van der Waals surface area contributed by atoms with E-state index < -0.39 is 5.41 Å². The Morgan fingerprint density at radius 2 is 1.59 bits per heavy atom. The zero-order valence-electron chi connectivity index (χ0n) is 29.2. The van der Waals surface area contributed by atoms with E-state index in [1.807, 2.05) is 104 Å². The van der Waals surface area contributed by atoms with Gasteiger partial charge < -0.3 is 15.6 Å². The summed E-state index contributed by atoms with van der Waals surface area (Å²) in [5.74, 6) is 1.13. The standard InChI is InChI=1S/C46H51NO2/c1-6-9-11-15-22-37(8-3)23-17-13-14-20-33-49-45-28-19-18-27-43(45)46(4,5)42-32-31-41(35-44(42)48)40-26-21-25-39(36-47)30-29-38(34-40)24-16-12-10-7-2/h6-24,26-30,33-36,38,48H,1-2,25,31-32,47H2,3-5H3/b11-9-,12-10-,14-13-,22-15+,23-17-,24-16-,26-21?,30-29-,33-20-,37-8-,39-36+,40-34?. The van der Waals surface area contributed by atoms with Crippen molar-refractivity contribution in [2.24, 2.45) is 11.7 Å². The van der Waals surface area contributed by atoms with Crippen molar-refractivity contribution < 1.29 is 9.84 Å². The summed E-state index contributed by atoms with van der Waals surface area (Å²) >= 11 is 0. The van der Waals surface area contributed by atoms with Gasteiger partial charge in [-0.2, -0.15) is 0 Å². The summed E-state index contributed by atoms with van der Waals surface area (Å²) in [5, 5.41) is 11.5. The van der Waals surface area contributed by atoms with Gasteiger partial charge in [-0.25, -0.2) is 0 Å². The fourth-order valence-electron chi connectivity index (χ4n) is 5.57. The molecule has 0 aromatic heterocycles. The van der Waals surface area contributed by atoms with E-state index in [-0.39, 0.29) is 5.92 Å². The first kappa shape index (κ1) is 37.9. The molecule has 0 heterocycles. The summed E-state index contributed by atoms with van der Waals surface area (Å²) in [6.45, 7) is 13.7. The highest BCUT2D eigenvalue weighted by molar-refractivity contribution is 5.52. The molecule has 3 nitrogen and oxygen atoms in total. The number of benzene rings is 1. The maximum atomic E-state index is 11.5. The van der Waals surface area contributed by atoms with Gasteiger partial charge in [-0.15, -0.1) is 0 Å². The predicted octanol–water partition coefficient (Wildman–Crippen LogP) is 11.9. The molecule has 3 rings (SSSR count). The third-order valence-electron chi connectivity index (χ3n) is 8.29. The molecule has 0 bridgehead atoms. The van der Waals surface area contributed by atoms with E-state index in [2.05, 4.69) is 75.6 Å². The Kier molecular flexibility index (Phi) is 16.0. The van der Waals surface area contributed by atoms with Crippen LogP contribution in [-0.4, -0.2) is 5.11 Å². The van der Waals surface area contributed by atoms with Crippen LogP contribution in [0.3, 0.4) is 0 Å². The highest BCUT2D eigenvalue weighted by atomic mass is 16.5. The molecule has 0 amide bonds. The Hall–Kier alpha value is -5.54. The van der Waals surface area contributed by atoms with Crippen LogP contribution in [0.4, 0.5) is 0 Å². The zero-order valence-corrected chi connectivity index (χ0v) is 29.2. The number of para-hydroxylation sites is 1. The van der Waals surface area contributed by atoms with Gasteiger partial charge >= 0.3 is 0 Å². The van der Waals surface area contributed by atoms with E-state index in [4.69, 9.17) is 10.5 Å². The Balaban J connectivity index is 1.81. The summed E-state index contributed by atoms with van der Waals surface area (Å²) in [6.07, 6.45) is 49.6. The molecule has 49 heavy (non-hydrogen) atoms. The molecule has 0 radical (unpaired) electrons. The van der Waals surface area contributed by atoms with Crippen LogP contribution in [0.2, 0.25) is 0 Å². The van der Waals surface area contributed by atoms with Crippen molar-refractivity contribution in [3.05, 3.63) is 223 Å². The van der Waals surface area contributed by atoms with E-state index in [0.29, 0.717) is 5.76 Å². The van der Waals surface area contributed by atoms with Crippen molar-refractivity contribution in [3.8, 4) is 5.75 Å². The van der Waals surface area contributed by atoms with Crippen LogP contribution >= 0.6 is 0 Å². The van der Waals surface area contributed by atoms with Crippen LogP contribution in [0.5, 0.6) is 5.75 Å². The van der Waals surface area contributed by atoms with Gasteiger partial charge in [-0.3, -0.25) is 0 Å². The molecule has 0 saturated heterocycles. The van der Waals surface area contributed by atoms with Gasteiger partial charge in [0.25, 0.3) is 0 Å². The summed E-state index contributed by atoms with van der Waals surface area (Å²) in [6, 6.07) is 8.04. The number of hydrogen-bond donors (Lipinski definition) is 2. The third-order valence-corrected chi connectivity index (χ3v) is 8.29. The molecular weight excluding hydrogens is 599 g/mol. The van der Waals surface area contributed by atoms with Crippen LogP contribution in [0.1, 0.15) is 45.6 Å². The van der Waals surface area contributed by atoms with E-state index in [9.17, 15) is 5.11 Å². The molecule has 2 aliphatic carbocycles. The predicted molar refractivity (Wildman–Crippen MR) is 212 cm³/mol. The van der Waals surface area contributed by atoms with Gasteiger partial charge in [0.15, 0.2) is 0 Å². The van der Waals surface area contributed by atoms with Crippen molar-refractivity contribution >= 4 is 0 Å². The maximum Gasteiger partial charge on any atom is 0.130 e. The highest BCUT2D eigenvalue weighted by Crippen LogP contribution is 2.43. The van der Waals surface area contributed by atoms with Crippen molar-refractivity contribution in [1.82, 2.24) is 0 Å². The highest BCUT2D eigenvalue weighted by Gasteiger charge is 2.32. The molecular formula is C46H51NO2. The van der Waals surface area contributed by atoms with Crippen LogP contribution in [-0.2, 0) is 5.41 Å². The smallest absolute Gasteiger partial charge is 0.130 e. The van der Waals surface area contributed by atoms with Gasteiger partial charge in [0.1, 0.15) is 11.5 Å². The normalized spacial score (nSPS) is 19.9. The molecule has 2 aliphatic rings. The van der Waals surface area contributed by atoms with Gasteiger partial charge in [-0.05, 0) is 78.5 Å². The molecule has 1 atom stereocenters. The Morgan fingerprint density at radius 3 is 2.29 bits per heavy atom. The molecule has 1 unspecified atom stereocenters. The second-order valence-corrected chi connectivity index (χ2v) is 12.0. The summed E-state index contributed by atoms with van der Waals surface area (Å²) < 4.78 is 6.14. The first-order chi connectivity index (χ1) is 23.8. The van der Waals surface area contributed by atoms with Crippen molar-refractivity contribution in [2.45, 2.75) is 45.4 Å². The minimum absolute atomic E-state index is 0.0628. The Morgan fingerprint density at radius 1 is 0.898 bits per heavy atom. The summed E-state index contributed by atoms with van der Waals surface area (Å²) in [4.78, 5) is 0. The third kappa shape index (κ3) is 12.2. The molecule has 3 N–H and O–H groups in total. The number of nitrogens with two attached hydrogens (primary N) is 1. The second kappa shape index (κ2) is 20.6. The molecule has 1 aromatic rings. The van der Waals surface area contributed by atoms with Crippen molar-refractivity contribution in [1.29, 1.82) is 0 Å². The van der Waals surface area contributed by atoms with E-state index in [1.54, 1.807) is 24.6 Å². The average molecular weight is 650 g/mol. The largest absolute Gasteiger partial charge is 0.508 e. The Labute approximate surface area is 294 Å². The van der Waals surface area contributed by atoms with Gasteiger partial charge in [0.2, 0.25) is 0 Å². The lowest BCUT2D eigenvalue weighted by Crippen LogP contribution is -2.24. The van der Waals surface area contributed by atoms with Crippen LogP contribution in [0.25, 0.3) is 0 Å². The molecule has 0 fully saturated rings. The minimum Gasteiger partial charge on any atom is -0.508 e. The SMILES string of the molecule is C=C/C=C\C=C/C1C=C(C2=CC(O)=C(C(C)(C)c3ccccc3O\C=C/C=C\C=C/C(=C\C)/C=C/C=C\C=C)CC2)C=CCC(=C\N)/C=C\1. The lowest BCUT2D eigenvalue weighted by atomic mass is 9.72. The summed E-state index contributed by atoms with van der Waals surface area (Å²) in [7, 11) is 0. The fraction of sp³-hybridized carbons (Fsp3) is 0.174. The fourth-order valence-corrected chi connectivity index (χ4v) is 5.57. The van der Waals surface area contributed by atoms with Crippen LogP contribution in [0, 0.1) is 5.92 Å². The quantitative estimate of drug-likeness (QED) is 0.156. The zero-order chi connectivity index (χ0) is 35.3. The first-order valence-corrected chi connectivity index (χ1v) is 16.8. The molecule has 0 saturated carbocycles. The number of aliphatic hydroxyl groups excluding tert-OH is 1. The molecule has 0 spiro atoms. The van der Waals surface area contributed by atoms with Crippen LogP contribution in [0.15, 0.2) is 217 Å². The van der Waals surface area contributed by atoms with Crippen molar-refractivity contribution in [2.75, 3.05) is 0 Å². The number of allylic oxidation sites excluding steroid dienone is 27. The van der Waals surface area contributed by atoms with Gasteiger partial charge in [0, 0.05) is 16.9 Å². The average Bonchev–Trinajstić information content (AvgIpc) is 3.21. The first-order valence-electron chi connectivity index (χ1n) is 16.8. The topological polar surface area (TPSA) is 55.5 Å². The molecule has 252 valence electrons. The van der Waals surface area contributed by atoms with Gasteiger partial charge in [-0.1, -0.05) is 167 Å². The summed E-state index contributed by atoms with van der Waals surface area (Å²) in [5.41, 5.74) is 11.8. The lowest BCUT2D eigenvalue weighted by molar-refractivity contribution is 0.393.